The van der Waals surface area contributed by atoms with E-state index in [-0.39, 0.29) is 16.8 Å². The summed E-state index contributed by atoms with van der Waals surface area (Å²) in [4.78, 5) is 18.5. The van der Waals surface area contributed by atoms with Gasteiger partial charge in [-0.2, -0.15) is 0 Å². The molecule has 0 aliphatic carbocycles. The molecule has 1 aromatic heterocycles. The number of nitrogens with one attached hydrogen (secondary N) is 1. The van der Waals surface area contributed by atoms with Crippen molar-refractivity contribution < 1.29 is 13.2 Å². The number of hydrogen-bond acceptors (Lipinski definition) is 4. The number of benzene rings is 3. The molecule has 0 saturated carbocycles. The van der Waals surface area contributed by atoms with Crippen molar-refractivity contribution in [2.24, 2.45) is 0 Å². The molecule has 0 bridgehead atoms. The Labute approximate surface area is 192 Å². The lowest BCUT2D eigenvalue weighted by Gasteiger charge is -2.20. The molecule has 1 amide bonds. The van der Waals surface area contributed by atoms with Crippen LogP contribution in [0.4, 0.5) is 11.4 Å². The summed E-state index contributed by atoms with van der Waals surface area (Å²) < 4.78 is 28.9. The van der Waals surface area contributed by atoms with Crippen LogP contribution in [0.5, 0.6) is 0 Å². The van der Waals surface area contributed by atoms with E-state index in [1.54, 1.807) is 41.3 Å². The van der Waals surface area contributed by atoms with E-state index in [1.165, 1.54) is 6.92 Å². The number of rotatable bonds is 4. The second-order valence-corrected chi connectivity index (χ2v) is 9.99. The number of sulfonamides is 1. The average Bonchev–Trinajstić information content (AvgIpc) is 3.13. The molecule has 1 N–H and O–H groups in total. The predicted molar refractivity (Wildman–Crippen MR) is 131 cm³/mol. The number of carbonyl (C=O) groups excluding carboxylic acids is 1. The highest BCUT2D eigenvalue weighted by atomic mass is 32.2. The van der Waals surface area contributed by atoms with Gasteiger partial charge in [0.25, 0.3) is 10.0 Å². The summed E-state index contributed by atoms with van der Waals surface area (Å²) >= 11 is 0. The molecule has 1 atom stereocenters. The Hall–Kier alpha value is -3.71. The molecule has 4 aromatic rings. The minimum absolute atomic E-state index is 0.00884. The Morgan fingerprint density at radius 1 is 1.00 bits per heavy atom. The van der Waals surface area contributed by atoms with Crippen molar-refractivity contribution in [3.63, 3.8) is 0 Å². The number of anilines is 2. The number of aromatic nitrogens is 1. The highest BCUT2D eigenvalue weighted by Crippen LogP contribution is 2.34. The largest absolute Gasteiger partial charge is 0.309 e. The van der Waals surface area contributed by atoms with Crippen LogP contribution in [-0.4, -0.2) is 25.4 Å². The smallest absolute Gasteiger partial charge is 0.261 e. The molecule has 0 spiro atoms. The van der Waals surface area contributed by atoms with Crippen LogP contribution in [0.3, 0.4) is 0 Å². The van der Waals surface area contributed by atoms with Gasteiger partial charge in [-0.25, -0.2) is 13.4 Å². The topological polar surface area (TPSA) is 79.4 Å². The molecule has 0 saturated heterocycles. The Morgan fingerprint density at radius 2 is 1.82 bits per heavy atom. The molecule has 0 radical (unpaired) electrons. The first kappa shape index (κ1) is 21.2. The minimum Gasteiger partial charge on any atom is -0.309 e. The zero-order valence-corrected chi connectivity index (χ0v) is 19.1. The molecular formula is C26H23N3O3S. The fourth-order valence-corrected chi connectivity index (χ4v) is 5.54. The van der Waals surface area contributed by atoms with E-state index in [0.29, 0.717) is 12.1 Å². The van der Waals surface area contributed by atoms with Crippen LogP contribution in [0, 0.1) is 0 Å². The third-order valence-corrected chi connectivity index (χ3v) is 7.30. The van der Waals surface area contributed by atoms with Crippen molar-refractivity contribution in [1.82, 2.24) is 4.98 Å². The second-order valence-electron chi connectivity index (χ2n) is 8.31. The van der Waals surface area contributed by atoms with Gasteiger partial charge in [0, 0.05) is 35.3 Å². The fraction of sp³-hybridized carbons (Fsp3) is 0.154. The highest BCUT2D eigenvalue weighted by molar-refractivity contribution is 7.92. The number of para-hydroxylation sites is 1. The van der Waals surface area contributed by atoms with Gasteiger partial charge in [0.15, 0.2) is 0 Å². The number of hydrogen-bond donors (Lipinski definition) is 1. The summed E-state index contributed by atoms with van der Waals surface area (Å²) in [6.07, 6.45) is 0.626. The van der Waals surface area contributed by atoms with E-state index < -0.39 is 10.0 Å². The average molecular weight is 458 g/mol. The monoisotopic (exact) mass is 457 g/mol. The molecule has 6 nitrogen and oxygen atoms in total. The molecular weight excluding hydrogens is 434 g/mol. The van der Waals surface area contributed by atoms with Crippen molar-refractivity contribution in [2.75, 3.05) is 9.62 Å². The standard InChI is InChI=1S/C26H23N3O3S/c1-17-14-21-16-23(11-13-26(21)29(17)18(2)30)33(31,32)28-22-8-5-7-20(15-22)25-12-10-19-6-3-4-9-24(19)27-25/h3-13,15-17,28H,14H2,1-2H3/t17-/m0/s1. The molecule has 0 fully saturated rings. The Balaban J connectivity index is 1.44. The van der Waals surface area contributed by atoms with Gasteiger partial charge in [-0.15, -0.1) is 0 Å². The van der Waals surface area contributed by atoms with Gasteiger partial charge in [0.2, 0.25) is 5.91 Å². The van der Waals surface area contributed by atoms with Gasteiger partial charge >= 0.3 is 0 Å². The van der Waals surface area contributed by atoms with Gasteiger partial charge in [0.1, 0.15) is 0 Å². The van der Waals surface area contributed by atoms with Crippen LogP contribution < -0.4 is 9.62 Å². The zero-order valence-electron chi connectivity index (χ0n) is 18.3. The summed E-state index contributed by atoms with van der Waals surface area (Å²) in [7, 11) is -3.80. The van der Waals surface area contributed by atoms with Crippen molar-refractivity contribution in [1.29, 1.82) is 0 Å². The Morgan fingerprint density at radius 3 is 2.64 bits per heavy atom. The van der Waals surface area contributed by atoms with Crippen LogP contribution in [0.15, 0.2) is 83.8 Å². The molecule has 7 heteroatoms. The van der Waals surface area contributed by atoms with E-state index >= 15 is 0 Å². The van der Waals surface area contributed by atoms with Gasteiger partial charge in [-0.05, 0) is 61.4 Å². The van der Waals surface area contributed by atoms with Gasteiger partial charge in [-0.1, -0.05) is 36.4 Å². The summed E-state index contributed by atoms with van der Waals surface area (Å²) in [6.45, 7) is 3.48. The van der Waals surface area contributed by atoms with E-state index in [9.17, 15) is 13.2 Å². The van der Waals surface area contributed by atoms with E-state index in [4.69, 9.17) is 4.98 Å². The van der Waals surface area contributed by atoms with Crippen molar-refractivity contribution in [3.8, 4) is 11.3 Å². The highest BCUT2D eigenvalue weighted by Gasteiger charge is 2.30. The Kier molecular flexibility index (Phi) is 5.13. The van der Waals surface area contributed by atoms with E-state index in [2.05, 4.69) is 4.72 Å². The first-order valence-electron chi connectivity index (χ1n) is 10.7. The molecule has 0 unspecified atom stereocenters. The lowest BCUT2D eigenvalue weighted by atomic mass is 10.1. The van der Waals surface area contributed by atoms with Gasteiger partial charge in [0.05, 0.1) is 16.1 Å². The number of amides is 1. The number of fused-ring (bicyclic) bond motifs is 2. The van der Waals surface area contributed by atoms with Crippen molar-refractivity contribution in [2.45, 2.75) is 31.2 Å². The summed E-state index contributed by atoms with van der Waals surface area (Å²) in [6, 6.07) is 23.9. The summed E-state index contributed by atoms with van der Waals surface area (Å²) in [5, 5.41) is 1.05. The molecule has 1 aliphatic heterocycles. The van der Waals surface area contributed by atoms with Crippen molar-refractivity contribution >= 4 is 38.2 Å². The van der Waals surface area contributed by atoms with Gasteiger partial charge < -0.3 is 4.90 Å². The van der Waals surface area contributed by atoms with Gasteiger partial charge in [-0.3, -0.25) is 9.52 Å². The van der Waals surface area contributed by atoms with Crippen LogP contribution in [0.25, 0.3) is 22.2 Å². The molecule has 3 aromatic carbocycles. The zero-order chi connectivity index (χ0) is 23.2. The lowest BCUT2D eigenvalue weighted by Crippen LogP contribution is -2.33. The third kappa shape index (κ3) is 3.96. The first-order valence-corrected chi connectivity index (χ1v) is 12.2. The van der Waals surface area contributed by atoms with Crippen molar-refractivity contribution in [3.05, 3.63) is 84.4 Å². The maximum atomic E-state index is 13.1. The predicted octanol–water partition coefficient (Wildman–Crippen LogP) is 5.00. The number of carbonyl (C=O) groups is 1. The minimum atomic E-state index is -3.80. The Bertz CT molecular complexity index is 1500. The number of nitrogens with zero attached hydrogens (tertiary/aromatic N) is 2. The van der Waals surface area contributed by atoms with E-state index in [1.807, 2.05) is 49.4 Å². The third-order valence-electron chi connectivity index (χ3n) is 5.93. The molecule has 166 valence electrons. The molecule has 5 rings (SSSR count). The first-order chi connectivity index (χ1) is 15.8. The summed E-state index contributed by atoms with van der Waals surface area (Å²) in [5.74, 6) is -0.0471. The second kappa shape index (κ2) is 8.01. The maximum absolute atomic E-state index is 13.1. The molecule has 33 heavy (non-hydrogen) atoms. The van der Waals surface area contributed by atoms with Crippen LogP contribution >= 0.6 is 0 Å². The number of pyridine rings is 1. The normalized spacial score (nSPS) is 15.5. The maximum Gasteiger partial charge on any atom is 0.261 e. The quantitative estimate of drug-likeness (QED) is 0.468. The molecule has 1 aliphatic rings. The summed E-state index contributed by atoms with van der Waals surface area (Å²) in [5.41, 5.74) is 4.56. The van der Waals surface area contributed by atoms with Crippen LogP contribution in [0.1, 0.15) is 19.4 Å². The SMILES string of the molecule is CC(=O)N1c2ccc(S(=O)(=O)Nc3cccc(-c4ccc5ccccc5n4)c3)cc2C[C@@H]1C. The van der Waals surface area contributed by atoms with Crippen LogP contribution in [-0.2, 0) is 21.2 Å². The van der Waals surface area contributed by atoms with Crippen LogP contribution in [0.2, 0.25) is 0 Å². The fourth-order valence-electron chi connectivity index (χ4n) is 4.44. The lowest BCUT2D eigenvalue weighted by molar-refractivity contribution is -0.116. The van der Waals surface area contributed by atoms with E-state index in [0.717, 1.165) is 33.4 Å². The molecule has 2 heterocycles.